The molecule has 0 saturated heterocycles. The molecular formula is C14H18N2O3. The predicted molar refractivity (Wildman–Crippen MR) is 72.8 cm³/mol. The largest absolute Gasteiger partial charge is 0.395 e. The van der Waals surface area contributed by atoms with Crippen LogP contribution in [0.2, 0.25) is 0 Å². The van der Waals surface area contributed by atoms with E-state index in [4.69, 9.17) is 10.2 Å². The number of hydrogen-bond acceptors (Lipinski definition) is 3. The van der Waals surface area contributed by atoms with Crippen molar-refractivity contribution in [1.82, 2.24) is 9.88 Å². The molecule has 0 aliphatic carbocycles. The van der Waals surface area contributed by atoms with Gasteiger partial charge in [0.05, 0.1) is 19.6 Å². The van der Waals surface area contributed by atoms with E-state index in [2.05, 4.69) is 4.98 Å². The minimum atomic E-state index is -0.0958. The van der Waals surface area contributed by atoms with Crippen LogP contribution in [0.1, 0.15) is 5.56 Å². The van der Waals surface area contributed by atoms with Gasteiger partial charge in [-0.25, -0.2) is 0 Å². The first-order valence-corrected chi connectivity index (χ1v) is 6.30. The molecule has 0 radical (unpaired) electrons. The molecule has 0 spiro atoms. The minimum absolute atomic E-state index is 0.0889. The Morgan fingerprint density at radius 2 is 1.89 bits per heavy atom. The Balaban J connectivity index is 2.07. The van der Waals surface area contributed by atoms with Crippen molar-refractivity contribution >= 4 is 16.8 Å². The van der Waals surface area contributed by atoms with Gasteiger partial charge in [0.1, 0.15) is 0 Å². The number of carbonyl (C=O) groups is 1. The van der Waals surface area contributed by atoms with Crippen LogP contribution in [-0.2, 0) is 11.2 Å². The summed E-state index contributed by atoms with van der Waals surface area (Å²) in [5.41, 5.74) is 1.92. The fourth-order valence-corrected chi connectivity index (χ4v) is 2.09. The van der Waals surface area contributed by atoms with Crippen molar-refractivity contribution in [3.8, 4) is 0 Å². The Morgan fingerprint density at radius 1 is 1.16 bits per heavy atom. The number of aromatic nitrogens is 1. The van der Waals surface area contributed by atoms with Crippen molar-refractivity contribution in [1.29, 1.82) is 0 Å². The van der Waals surface area contributed by atoms with Gasteiger partial charge in [-0.1, -0.05) is 12.1 Å². The van der Waals surface area contributed by atoms with Gasteiger partial charge in [-0.3, -0.25) is 4.79 Å². The summed E-state index contributed by atoms with van der Waals surface area (Å²) < 4.78 is 0. The number of aliphatic hydroxyl groups is 2. The summed E-state index contributed by atoms with van der Waals surface area (Å²) in [6, 6.07) is 7.81. The second-order valence-corrected chi connectivity index (χ2v) is 4.40. The molecule has 0 unspecified atom stereocenters. The first-order valence-electron chi connectivity index (χ1n) is 6.30. The Bertz CT molecular complexity index is 544. The second kappa shape index (κ2) is 6.36. The summed E-state index contributed by atoms with van der Waals surface area (Å²) in [5, 5.41) is 18.9. The van der Waals surface area contributed by atoms with E-state index in [0.29, 0.717) is 0 Å². The molecule has 1 heterocycles. The molecule has 0 fully saturated rings. The molecule has 5 heteroatoms. The van der Waals surface area contributed by atoms with Gasteiger partial charge in [0, 0.05) is 24.8 Å². The van der Waals surface area contributed by atoms with E-state index in [0.717, 1.165) is 16.5 Å². The SMILES string of the molecule is O=C(Cc1ccc2cc[nH]c2c1)N(CCO)CCO. The highest BCUT2D eigenvalue weighted by molar-refractivity contribution is 5.83. The Kier molecular flexibility index (Phi) is 4.54. The number of fused-ring (bicyclic) bond motifs is 1. The van der Waals surface area contributed by atoms with Crippen LogP contribution in [0.3, 0.4) is 0 Å². The number of nitrogens with zero attached hydrogens (tertiary/aromatic N) is 1. The third-order valence-electron chi connectivity index (χ3n) is 3.07. The zero-order chi connectivity index (χ0) is 13.7. The Hall–Kier alpha value is -1.85. The average molecular weight is 262 g/mol. The molecule has 0 saturated carbocycles. The number of hydrogen-bond donors (Lipinski definition) is 3. The highest BCUT2D eigenvalue weighted by atomic mass is 16.3. The van der Waals surface area contributed by atoms with E-state index in [1.54, 1.807) is 0 Å². The lowest BCUT2D eigenvalue weighted by Gasteiger charge is -2.20. The zero-order valence-electron chi connectivity index (χ0n) is 10.7. The number of benzene rings is 1. The molecule has 0 atom stereocenters. The first kappa shape index (κ1) is 13.6. The quantitative estimate of drug-likeness (QED) is 0.710. The van der Waals surface area contributed by atoms with Crippen LogP contribution in [0.25, 0.3) is 10.9 Å². The van der Waals surface area contributed by atoms with Crippen LogP contribution in [0, 0.1) is 0 Å². The lowest BCUT2D eigenvalue weighted by atomic mass is 10.1. The van der Waals surface area contributed by atoms with Gasteiger partial charge in [0.15, 0.2) is 0 Å². The van der Waals surface area contributed by atoms with E-state index >= 15 is 0 Å². The van der Waals surface area contributed by atoms with Crippen molar-refractivity contribution < 1.29 is 15.0 Å². The Morgan fingerprint density at radius 3 is 2.58 bits per heavy atom. The third kappa shape index (κ3) is 3.33. The molecule has 1 aromatic heterocycles. The molecule has 0 aliphatic rings. The summed E-state index contributed by atoms with van der Waals surface area (Å²) in [5.74, 6) is -0.0889. The number of aromatic amines is 1. The van der Waals surface area contributed by atoms with Gasteiger partial charge in [-0.2, -0.15) is 0 Å². The number of carbonyl (C=O) groups excluding carboxylic acids is 1. The summed E-state index contributed by atoms with van der Waals surface area (Å²) in [4.78, 5) is 16.6. The molecule has 19 heavy (non-hydrogen) atoms. The average Bonchev–Trinajstić information content (AvgIpc) is 2.86. The molecule has 2 aromatic rings. The van der Waals surface area contributed by atoms with Crippen LogP contribution < -0.4 is 0 Å². The summed E-state index contributed by atoms with van der Waals surface area (Å²) in [6.45, 7) is 0.317. The summed E-state index contributed by atoms with van der Waals surface area (Å²) >= 11 is 0. The number of amides is 1. The third-order valence-corrected chi connectivity index (χ3v) is 3.07. The number of nitrogens with one attached hydrogen (secondary N) is 1. The fourth-order valence-electron chi connectivity index (χ4n) is 2.09. The van der Waals surface area contributed by atoms with Crippen LogP contribution in [0.15, 0.2) is 30.5 Å². The number of aliphatic hydroxyl groups excluding tert-OH is 2. The summed E-state index contributed by atoms with van der Waals surface area (Å²) in [6.07, 6.45) is 2.13. The molecular weight excluding hydrogens is 244 g/mol. The number of rotatable bonds is 6. The van der Waals surface area contributed by atoms with Gasteiger partial charge in [-0.05, 0) is 23.1 Å². The van der Waals surface area contributed by atoms with Gasteiger partial charge < -0.3 is 20.1 Å². The van der Waals surface area contributed by atoms with Crippen LogP contribution in [-0.4, -0.2) is 52.3 Å². The highest BCUT2D eigenvalue weighted by Crippen LogP contribution is 2.15. The molecule has 0 aliphatic heterocycles. The van der Waals surface area contributed by atoms with Gasteiger partial charge >= 0.3 is 0 Å². The zero-order valence-corrected chi connectivity index (χ0v) is 10.7. The smallest absolute Gasteiger partial charge is 0.227 e. The van der Waals surface area contributed by atoms with Gasteiger partial charge in [0.2, 0.25) is 5.91 Å². The predicted octanol–water partition coefficient (Wildman–Crippen LogP) is 0.524. The van der Waals surface area contributed by atoms with Gasteiger partial charge in [0.25, 0.3) is 0 Å². The topological polar surface area (TPSA) is 76.6 Å². The normalized spacial score (nSPS) is 10.8. The van der Waals surface area contributed by atoms with Gasteiger partial charge in [-0.15, -0.1) is 0 Å². The molecule has 102 valence electrons. The maximum Gasteiger partial charge on any atom is 0.227 e. The molecule has 3 N–H and O–H groups in total. The highest BCUT2D eigenvalue weighted by Gasteiger charge is 2.13. The van der Waals surface area contributed by atoms with Crippen LogP contribution in [0.4, 0.5) is 0 Å². The van der Waals surface area contributed by atoms with Crippen molar-refractivity contribution in [2.45, 2.75) is 6.42 Å². The van der Waals surface area contributed by atoms with E-state index in [1.807, 2.05) is 30.5 Å². The maximum absolute atomic E-state index is 12.1. The molecule has 5 nitrogen and oxygen atoms in total. The van der Waals surface area contributed by atoms with Crippen molar-refractivity contribution in [2.24, 2.45) is 0 Å². The molecule has 1 amide bonds. The molecule has 2 rings (SSSR count). The van der Waals surface area contributed by atoms with Crippen molar-refractivity contribution in [3.05, 3.63) is 36.0 Å². The van der Waals surface area contributed by atoms with Crippen LogP contribution in [0.5, 0.6) is 0 Å². The second-order valence-electron chi connectivity index (χ2n) is 4.40. The monoisotopic (exact) mass is 262 g/mol. The minimum Gasteiger partial charge on any atom is -0.395 e. The lowest BCUT2D eigenvalue weighted by molar-refractivity contribution is -0.131. The van der Waals surface area contributed by atoms with E-state index in [1.165, 1.54) is 4.90 Å². The van der Waals surface area contributed by atoms with E-state index in [-0.39, 0.29) is 38.6 Å². The lowest BCUT2D eigenvalue weighted by Crippen LogP contribution is -2.36. The van der Waals surface area contributed by atoms with Crippen LogP contribution >= 0.6 is 0 Å². The molecule has 1 aromatic carbocycles. The summed E-state index contributed by atoms with van der Waals surface area (Å²) in [7, 11) is 0. The van der Waals surface area contributed by atoms with E-state index in [9.17, 15) is 4.79 Å². The fraction of sp³-hybridized carbons (Fsp3) is 0.357. The maximum atomic E-state index is 12.1. The molecule has 0 bridgehead atoms. The van der Waals surface area contributed by atoms with Crippen molar-refractivity contribution in [3.63, 3.8) is 0 Å². The standard InChI is InChI=1S/C14H18N2O3/c17-7-5-16(6-8-18)14(19)10-11-1-2-12-3-4-15-13(12)9-11/h1-4,9,15,17-18H,5-8,10H2. The first-order chi connectivity index (χ1) is 9.24. The van der Waals surface area contributed by atoms with Crippen molar-refractivity contribution in [2.75, 3.05) is 26.3 Å². The number of H-pyrrole nitrogens is 1. The van der Waals surface area contributed by atoms with E-state index < -0.39 is 0 Å². The Labute approximate surface area is 111 Å².